The molecule has 2 aromatic rings. The van der Waals surface area contributed by atoms with Crippen molar-refractivity contribution in [3.05, 3.63) is 47.3 Å². The Labute approximate surface area is 152 Å². The molecule has 2 radical (unpaired) electrons. The molecule has 0 aliphatic carbocycles. The Morgan fingerprint density at radius 2 is 1.93 bits per heavy atom. The summed E-state index contributed by atoms with van der Waals surface area (Å²) in [6.07, 6.45) is -5.31. The summed E-state index contributed by atoms with van der Waals surface area (Å²) in [6.45, 7) is 0. The van der Waals surface area contributed by atoms with Gasteiger partial charge in [-0.3, -0.25) is 0 Å². The summed E-state index contributed by atoms with van der Waals surface area (Å²) in [5.74, 6) is -3.11. The predicted octanol–water partition coefficient (Wildman–Crippen LogP) is 1.82. The van der Waals surface area contributed by atoms with Crippen molar-refractivity contribution in [2.24, 2.45) is 0 Å². The molecule has 138 valence electrons. The fourth-order valence-corrected chi connectivity index (χ4v) is 4.70. The fourth-order valence-electron chi connectivity index (χ4n) is 2.82. The first-order chi connectivity index (χ1) is 12.4. The van der Waals surface area contributed by atoms with Crippen LogP contribution < -0.4 is 10.2 Å². The van der Waals surface area contributed by atoms with Crippen molar-refractivity contribution >= 4 is 23.1 Å². The number of hydrogen-bond acceptors (Lipinski definition) is 5. The Balaban J connectivity index is 2.17. The van der Waals surface area contributed by atoms with Gasteiger partial charge in [-0.05, 0) is 29.7 Å². The highest BCUT2D eigenvalue weighted by Crippen LogP contribution is 2.48. The molecule has 5 nitrogen and oxygen atoms in total. The zero-order chi connectivity index (χ0) is 20.2. The van der Waals surface area contributed by atoms with Gasteiger partial charge in [-0.2, -0.15) is 18.4 Å². The Hall–Kier alpha value is -2.58. The van der Waals surface area contributed by atoms with Crippen molar-refractivity contribution in [1.29, 1.82) is 5.26 Å². The molecule has 0 spiro atoms. The van der Waals surface area contributed by atoms with Crippen molar-refractivity contribution in [2.75, 3.05) is 5.75 Å². The minimum Gasteiger partial charge on any atom is -0.458 e. The topological polar surface area (TPSA) is 87.4 Å². The van der Waals surface area contributed by atoms with E-state index in [1.54, 1.807) is 6.07 Å². The summed E-state index contributed by atoms with van der Waals surface area (Å²) in [5, 5.41) is 18.9. The van der Waals surface area contributed by atoms with Gasteiger partial charge in [0.1, 0.15) is 25.2 Å². The van der Waals surface area contributed by atoms with Gasteiger partial charge in [-0.25, -0.2) is 12.8 Å². The predicted molar refractivity (Wildman–Crippen MR) is 85.0 cm³/mol. The highest BCUT2D eigenvalue weighted by molar-refractivity contribution is 7.91. The van der Waals surface area contributed by atoms with E-state index in [-0.39, 0.29) is 11.3 Å². The summed E-state index contributed by atoms with van der Waals surface area (Å²) in [5.41, 5.74) is -5.61. The maximum Gasteiger partial charge on any atom is 0.422 e. The van der Waals surface area contributed by atoms with Crippen LogP contribution in [-0.4, -0.2) is 33.3 Å². The molecule has 0 saturated carbocycles. The molecule has 1 atom stereocenters. The van der Waals surface area contributed by atoms with Crippen LogP contribution in [0.15, 0.2) is 35.2 Å². The van der Waals surface area contributed by atoms with Gasteiger partial charge in [-0.1, -0.05) is 0 Å². The number of sulfone groups is 1. The molecule has 3 rings (SSSR count). The highest BCUT2D eigenvalue weighted by atomic mass is 32.2. The fraction of sp³-hybridized carbons (Fsp3) is 0.188. The third kappa shape index (κ3) is 3.04. The lowest BCUT2D eigenvalue weighted by atomic mass is 9.81. The molecule has 1 unspecified atom stereocenters. The quantitative estimate of drug-likeness (QED) is 0.617. The zero-order valence-corrected chi connectivity index (χ0v) is 14.0. The number of ether oxygens (including phenoxy) is 1. The lowest BCUT2D eigenvalue weighted by molar-refractivity contribution is -0.256. The smallest absolute Gasteiger partial charge is 0.422 e. The summed E-state index contributed by atoms with van der Waals surface area (Å²) in [4.78, 5) is -0.760. The number of hydrogen-bond donors (Lipinski definition) is 1. The molecule has 0 aromatic heterocycles. The molecule has 1 N–H and O–H groups in total. The van der Waals surface area contributed by atoms with Gasteiger partial charge in [0.15, 0.2) is 9.84 Å². The van der Waals surface area contributed by atoms with Crippen molar-refractivity contribution in [2.45, 2.75) is 16.7 Å². The minimum atomic E-state index is -5.31. The normalized spacial score (nSPS) is 20.7. The molecular weight excluding hydrogens is 389 g/mol. The van der Waals surface area contributed by atoms with Crippen LogP contribution in [0, 0.1) is 17.1 Å². The SMILES string of the molecule is [B]c1c(Oc2cc(F)cc(C#N)c2)ccc2c1C(O)(C(F)(F)F)CS2(=O)=O. The van der Waals surface area contributed by atoms with Crippen LogP contribution in [0.1, 0.15) is 11.1 Å². The average Bonchev–Trinajstić information content (AvgIpc) is 2.76. The number of benzene rings is 2. The lowest BCUT2D eigenvalue weighted by Gasteiger charge is -2.27. The average molecular weight is 397 g/mol. The third-order valence-electron chi connectivity index (χ3n) is 4.01. The van der Waals surface area contributed by atoms with E-state index in [1.165, 1.54) is 0 Å². The summed E-state index contributed by atoms with van der Waals surface area (Å²) < 4.78 is 82.9. The van der Waals surface area contributed by atoms with Crippen LogP contribution in [0.2, 0.25) is 0 Å². The van der Waals surface area contributed by atoms with Crippen molar-refractivity contribution in [3.8, 4) is 17.6 Å². The van der Waals surface area contributed by atoms with Gasteiger partial charge in [-0.15, -0.1) is 0 Å². The number of rotatable bonds is 2. The van der Waals surface area contributed by atoms with Crippen LogP contribution in [-0.2, 0) is 15.4 Å². The highest BCUT2D eigenvalue weighted by Gasteiger charge is 2.63. The number of halogens is 4. The Kier molecular flexibility index (Phi) is 4.24. The van der Waals surface area contributed by atoms with E-state index in [2.05, 4.69) is 0 Å². The molecule has 0 amide bonds. The van der Waals surface area contributed by atoms with E-state index >= 15 is 0 Å². The van der Waals surface area contributed by atoms with E-state index in [0.717, 1.165) is 30.3 Å². The largest absolute Gasteiger partial charge is 0.458 e. The molecule has 2 aromatic carbocycles. The number of aliphatic hydroxyl groups is 1. The minimum absolute atomic E-state index is 0.112. The van der Waals surface area contributed by atoms with Gasteiger partial charge < -0.3 is 9.84 Å². The second kappa shape index (κ2) is 5.97. The molecule has 1 heterocycles. The lowest BCUT2D eigenvalue weighted by Crippen LogP contribution is -2.46. The third-order valence-corrected chi connectivity index (χ3v) is 5.82. The first kappa shape index (κ1) is 19.2. The van der Waals surface area contributed by atoms with Crippen LogP contribution in [0.3, 0.4) is 0 Å². The number of alkyl halides is 3. The van der Waals surface area contributed by atoms with E-state index in [4.69, 9.17) is 17.8 Å². The second-order valence-electron chi connectivity index (χ2n) is 5.86. The van der Waals surface area contributed by atoms with Gasteiger partial charge >= 0.3 is 6.18 Å². The maximum atomic E-state index is 13.5. The summed E-state index contributed by atoms with van der Waals surface area (Å²) >= 11 is 0. The Morgan fingerprint density at radius 1 is 1.26 bits per heavy atom. The number of fused-ring (bicyclic) bond motifs is 1. The molecule has 27 heavy (non-hydrogen) atoms. The molecule has 1 aliphatic rings. The van der Waals surface area contributed by atoms with Gasteiger partial charge in [0.2, 0.25) is 5.60 Å². The Bertz CT molecular complexity index is 1090. The molecule has 0 bridgehead atoms. The molecule has 1 aliphatic heterocycles. The van der Waals surface area contributed by atoms with Crippen LogP contribution in [0.5, 0.6) is 11.5 Å². The second-order valence-corrected chi connectivity index (χ2v) is 7.82. The standard InChI is InChI=1S/C16H8BF4NO4S/c17-14-11(26-10-4-8(6-22)3-9(18)5-10)1-2-12-13(14)15(23,16(19,20)21)7-27(12,24)25/h1-5,23H,7H2. The van der Waals surface area contributed by atoms with Crippen molar-refractivity contribution in [1.82, 2.24) is 0 Å². The molecule has 0 fully saturated rings. The molecular formula is C16H8BF4NO4S. The van der Waals surface area contributed by atoms with Gasteiger partial charge in [0.05, 0.1) is 22.3 Å². The van der Waals surface area contributed by atoms with Gasteiger partial charge in [0, 0.05) is 11.6 Å². The van der Waals surface area contributed by atoms with E-state index < -0.39 is 54.9 Å². The van der Waals surface area contributed by atoms with Crippen LogP contribution >= 0.6 is 0 Å². The van der Waals surface area contributed by atoms with E-state index in [1.807, 2.05) is 0 Å². The van der Waals surface area contributed by atoms with Crippen LogP contribution in [0.25, 0.3) is 0 Å². The molecule has 11 heteroatoms. The maximum absolute atomic E-state index is 13.5. The summed E-state index contributed by atoms with van der Waals surface area (Å²) in [6, 6.07) is 6.37. The summed E-state index contributed by atoms with van der Waals surface area (Å²) in [7, 11) is 1.24. The first-order valence-corrected chi connectivity index (χ1v) is 8.87. The number of nitriles is 1. The van der Waals surface area contributed by atoms with Crippen molar-refractivity contribution < 1.29 is 35.8 Å². The van der Waals surface area contributed by atoms with Crippen molar-refractivity contribution in [3.63, 3.8) is 0 Å². The first-order valence-electron chi connectivity index (χ1n) is 7.22. The monoisotopic (exact) mass is 397 g/mol. The molecule has 0 saturated heterocycles. The zero-order valence-electron chi connectivity index (χ0n) is 13.2. The van der Waals surface area contributed by atoms with Gasteiger partial charge in [0.25, 0.3) is 0 Å². The Morgan fingerprint density at radius 3 is 2.52 bits per heavy atom. The number of nitrogens with zero attached hydrogens (tertiary/aromatic N) is 1. The van der Waals surface area contributed by atoms with E-state index in [0.29, 0.717) is 0 Å². The van der Waals surface area contributed by atoms with E-state index in [9.17, 15) is 31.1 Å². The van der Waals surface area contributed by atoms with Crippen LogP contribution in [0.4, 0.5) is 17.6 Å².